The van der Waals surface area contributed by atoms with Crippen molar-refractivity contribution in [3.63, 3.8) is 0 Å². The van der Waals surface area contributed by atoms with Gasteiger partial charge in [-0.2, -0.15) is 9.97 Å². The Kier molecular flexibility index (Phi) is 23.3. The molecular weight excluding hydrogens is 1210 g/mol. The van der Waals surface area contributed by atoms with Gasteiger partial charge in [0.15, 0.2) is 17.5 Å². The van der Waals surface area contributed by atoms with Crippen molar-refractivity contribution < 1.29 is 28.1 Å². The fourth-order valence-corrected chi connectivity index (χ4v) is 13.5. The van der Waals surface area contributed by atoms with Crippen LogP contribution in [-0.4, -0.2) is 160 Å². The fourth-order valence-electron chi connectivity index (χ4n) is 9.65. The number of likely N-dealkylation sites (tertiary alicyclic amines) is 3. The predicted molar refractivity (Wildman–Crippen MR) is 352 cm³/mol. The molecule has 9 rings (SSSR count). The molecule has 3 amide bonds. The summed E-state index contributed by atoms with van der Waals surface area (Å²) in [5.74, 6) is 2.58. The lowest BCUT2D eigenvalue weighted by atomic mass is 10.1. The van der Waals surface area contributed by atoms with Crippen molar-refractivity contribution >= 4 is 136 Å². The Hall–Kier alpha value is -6.95. The number of aromatic nitrogens is 6. The summed E-state index contributed by atoms with van der Waals surface area (Å²) in [5, 5.41) is 22.4. The first-order valence-corrected chi connectivity index (χ1v) is 36.6. The van der Waals surface area contributed by atoms with Gasteiger partial charge in [-0.15, -0.1) is 0 Å². The third-order valence-corrected chi connectivity index (χ3v) is 19.5. The van der Waals surface area contributed by atoms with Gasteiger partial charge < -0.3 is 55.4 Å². The summed E-state index contributed by atoms with van der Waals surface area (Å²) in [4.78, 5) is 67.0. The molecule has 1 unspecified atom stereocenters. The molecule has 6 heterocycles. The minimum absolute atomic E-state index is 0.0412. The molecule has 3 aliphatic rings. The molecular formula is C59H73Cl3N15O6P3. The molecule has 0 spiro atoms. The second-order valence-electron chi connectivity index (χ2n) is 21.7. The maximum absolute atomic E-state index is 12.6. The van der Waals surface area contributed by atoms with Gasteiger partial charge in [0.05, 0.1) is 42.2 Å². The van der Waals surface area contributed by atoms with Crippen LogP contribution in [0, 0.1) is 0 Å². The Morgan fingerprint density at radius 1 is 0.523 bits per heavy atom. The van der Waals surface area contributed by atoms with Crippen LogP contribution in [0.25, 0.3) is 0 Å². The van der Waals surface area contributed by atoms with Crippen molar-refractivity contribution in [3.8, 4) is 0 Å². The molecule has 3 saturated heterocycles. The van der Waals surface area contributed by atoms with E-state index in [0.29, 0.717) is 94.3 Å². The number of rotatable bonds is 19. The standard InChI is InChI=1S/2C20H25ClN5O2P.C19H23ClN5O2P/c1-4-18(27)26-11-9-14(10-12-26)23-20-22-13-15(21)19(25-20)24-16-7-5-6-8-17(16)29(2,3)28;1-4-19(27)23-14-9-10-26(12-14)13-18-22-11-15(21)20(25-18)24-16-7-5-6-8-17(16)29(2,3)28;1-4-17(26)25-10-9-13(12-25)22-19-21-11-14(20)18(24-19)23-15-7-5-6-8-16(15)28(2,3)27/h4-8,13-14H,1,9-12H2,2-3H3,(H2,22,23,24,25);4-8,11,14H,1,9-10,12-13H2,2-3H3,(H,23,27)(H,22,24,25);4-8,11,13H,1,9-10,12H2,2-3H3,(H2,21,22,23,24)/t;14-;/m.1./s1. The molecule has 27 heteroatoms. The maximum Gasteiger partial charge on any atom is 0.246 e. The lowest BCUT2D eigenvalue weighted by Gasteiger charge is -2.31. The van der Waals surface area contributed by atoms with Crippen LogP contribution in [-0.2, 0) is 34.6 Å². The molecule has 0 aliphatic carbocycles. The molecule has 3 aromatic carbocycles. The van der Waals surface area contributed by atoms with Crippen LogP contribution < -0.4 is 47.8 Å². The Labute approximate surface area is 517 Å². The van der Waals surface area contributed by atoms with Gasteiger partial charge in [-0.3, -0.25) is 19.3 Å². The monoisotopic (exact) mass is 1290 g/mol. The highest BCUT2D eigenvalue weighted by atomic mass is 35.5. The summed E-state index contributed by atoms with van der Waals surface area (Å²) in [6, 6.07) is 22.6. The summed E-state index contributed by atoms with van der Waals surface area (Å²) >= 11 is 18.9. The van der Waals surface area contributed by atoms with Gasteiger partial charge in [0.2, 0.25) is 29.6 Å². The average Bonchev–Trinajstić information content (AvgIpc) is 3.16. The van der Waals surface area contributed by atoms with E-state index in [4.69, 9.17) is 34.8 Å². The van der Waals surface area contributed by atoms with Crippen molar-refractivity contribution in [2.45, 2.75) is 50.4 Å². The molecule has 456 valence electrons. The van der Waals surface area contributed by atoms with Crippen molar-refractivity contribution in [2.24, 2.45) is 0 Å². The molecule has 0 saturated carbocycles. The van der Waals surface area contributed by atoms with Gasteiger partial charge in [-0.25, -0.2) is 19.9 Å². The number of benzene rings is 3. The van der Waals surface area contributed by atoms with Gasteiger partial charge in [0, 0.05) is 73.3 Å². The Bertz CT molecular complexity index is 3480. The molecule has 0 bridgehead atoms. The molecule has 6 N–H and O–H groups in total. The number of piperidine rings is 1. The van der Waals surface area contributed by atoms with E-state index in [1.54, 1.807) is 56.0 Å². The van der Waals surface area contributed by atoms with Crippen LogP contribution in [0.2, 0.25) is 15.1 Å². The largest absolute Gasteiger partial charge is 0.351 e. The summed E-state index contributed by atoms with van der Waals surface area (Å²) in [6.45, 7) is 25.6. The Balaban J connectivity index is 0.000000185. The second-order valence-corrected chi connectivity index (χ2v) is 32.5. The van der Waals surface area contributed by atoms with E-state index in [0.717, 1.165) is 60.4 Å². The number of carbonyl (C=O) groups is 3. The van der Waals surface area contributed by atoms with E-state index in [1.807, 2.05) is 72.8 Å². The second kappa shape index (κ2) is 30.1. The van der Waals surface area contributed by atoms with Crippen molar-refractivity contribution in [3.05, 3.63) is 150 Å². The van der Waals surface area contributed by atoms with Crippen LogP contribution in [0.15, 0.2) is 129 Å². The third kappa shape index (κ3) is 19.0. The number of amides is 3. The molecule has 3 aromatic heterocycles. The maximum atomic E-state index is 12.6. The first-order valence-electron chi connectivity index (χ1n) is 27.6. The highest BCUT2D eigenvalue weighted by Crippen LogP contribution is 2.41. The predicted octanol–water partition coefficient (Wildman–Crippen LogP) is 10.0. The molecule has 6 aromatic rings. The number of hydrogen-bond acceptors (Lipinski definition) is 18. The summed E-state index contributed by atoms with van der Waals surface area (Å²) in [5.41, 5.74) is 2.13. The average molecular weight is 1290 g/mol. The smallest absolute Gasteiger partial charge is 0.246 e. The van der Waals surface area contributed by atoms with Crippen molar-refractivity contribution in [2.75, 3.05) is 106 Å². The van der Waals surface area contributed by atoms with E-state index in [-0.39, 0.29) is 35.8 Å². The van der Waals surface area contributed by atoms with Crippen LogP contribution in [0.3, 0.4) is 0 Å². The number of halogens is 3. The zero-order valence-electron chi connectivity index (χ0n) is 49.0. The summed E-state index contributed by atoms with van der Waals surface area (Å²) < 4.78 is 37.7. The first kappa shape index (κ1) is 66.6. The first-order chi connectivity index (χ1) is 40.8. The summed E-state index contributed by atoms with van der Waals surface area (Å²) in [7, 11) is -7.41. The lowest BCUT2D eigenvalue weighted by Crippen LogP contribution is -2.41. The van der Waals surface area contributed by atoms with Crippen molar-refractivity contribution in [1.29, 1.82) is 0 Å². The van der Waals surface area contributed by atoms with E-state index in [1.165, 1.54) is 30.6 Å². The highest BCUT2D eigenvalue weighted by molar-refractivity contribution is 7.71. The van der Waals surface area contributed by atoms with E-state index < -0.39 is 21.4 Å². The number of para-hydroxylation sites is 3. The zero-order valence-corrected chi connectivity index (χ0v) is 53.9. The number of nitrogens with zero attached hydrogens (tertiary/aromatic N) is 9. The summed E-state index contributed by atoms with van der Waals surface area (Å²) in [6.07, 6.45) is 11.8. The normalized spacial score (nSPS) is 16.3. The van der Waals surface area contributed by atoms with Gasteiger partial charge in [0.25, 0.3) is 0 Å². The topological polar surface area (TPSA) is 262 Å². The SMILES string of the molecule is C=CC(=O)N1CCC(Nc2ncc(Cl)c(Nc3ccccc3P(C)(C)=O)n2)C1.C=CC(=O)N1CCC(Nc2ncc(Cl)c(Nc3ccccc3P(C)(C)=O)n2)CC1.C=CC(=O)N[C@@H]1CCN(Cc2ncc(Cl)c(Nc3ccccc3P(C)(C)=O)n2)C1. The molecule has 0 radical (unpaired) electrons. The quantitative estimate of drug-likeness (QED) is 0.0325. The van der Waals surface area contributed by atoms with Crippen LogP contribution in [0.4, 0.5) is 46.4 Å². The number of anilines is 8. The molecule has 3 aliphatic heterocycles. The minimum atomic E-state index is -2.47. The van der Waals surface area contributed by atoms with E-state index in [9.17, 15) is 28.1 Å². The number of hydrogen-bond donors (Lipinski definition) is 6. The fraction of sp³-hybridized carbons (Fsp3) is 0.339. The third-order valence-electron chi connectivity index (χ3n) is 14.0. The van der Waals surface area contributed by atoms with Crippen molar-refractivity contribution in [1.82, 2.24) is 49.9 Å². The Morgan fingerprint density at radius 2 is 0.919 bits per heavy atom. The van der Waals surface area contributed by atoms with E-state index >= 15 is 0 Å². The van der Waals surface area contributed by atoms with Gasteiger partial charge >= 0.3 is 0 Å². The highest BCUT2D eigenvalue weighted by Gasteiger charge is 2.28. The van der Waals surface area contributed by atoms with Crippen LogP contribution in [0.5, 0.6) is 0 Å². The zero-order chi connectivity index (χ0) is 62.3. The van der Waals surface area contributed by atoms with Crippen LogP contribution in [0.1, 0.15) is 31.5 Å². The van der Waals surface area contributed by atoms with Gasteiger partial charge in [-0.1, -0.05) is 90.9 Å². The molecule has 21 nitrogen and oxygen atoms in total. The van der Waals surface area contributed by atoms with Gasteiger partial charge in [-0.05, 0) is 120 Å². The van der Waals surface area contributed by atoms with Gasteiger partial charge in [0.1, 0.15) is 42.3 Å². The minimum Gasteiger partial charge on any atom is -0.351 e. The number of carbonyl (C=O) groups excluding carboxylic acids is 3. The van der Waals surface area contributed by atoms with E-state index in [2.05, 4.69) is 86.4 Å². The molecule has 2 atom stereocenters. The Morgan fingerprint density at radius 3 is 1.37 bits per heavy atom. The number of nitrogens with one attached hydrogen (secondary N) is 6. The lowest BCUT2D eigenvalue weighted by molar-refractivity contribution is -0.127. The van der Waals surface area contributed by atoms with Crippen LogP contribution >= 0.6 is 56.2 Å². The molecule has 3 fully saturated rings. The molecule has 86 heavy (non-hydrogen) atoms.